The minimum absolute atomic E-state index is 0.0754. The number of rotatable bonds is 5. The van der Waals surface area contributed by atoms with Gasteiger partial charge in [0.25, 0.3) is 5.88 Å². The normalized spacial score (nSPS) is 17.7. The van der Waals surface area contributed by atoms with E-state index in [1.54, 1.807) is 12.1 Å². The summed E-state index contributed by atoms with van der Waals surface area (Å²) in [4.78, 5) is 32.1. The lowest BCUT2D eigenvalue weighted by molar-refractivity contribution is -0.132. The van der Waals surface area contributed by atoms with Gasteiger partial charge in [-0.25, -0.2) is 9.78 Å². The first-order valence-electron chi connectivity index (χ1n) is 7.98. The molecule has 2 aromatic heterocycles. The van der Waals surface area contributed by atoms with Gasteiger partial charge in [-0.1, -0.05) is 0 Å². The molecule has 2 aromatic rings. The number of nitrogens with zero attached hydrogens (tertiary/aromatic N) is 3. The Kier molecular flexibility index (Phi) is 4.93. The molecule has 8 nitrogen and oxygen atoms in total. The third-order valence-electron chi connectivity index (χ3n) is 4.24. The van der Waals surface area contributed by atoms with E-state index in [-0.39, 0.29) is 17.5 Å². The van der Waals surface area contributed by atoms with Crippen LogP contribution in [0.15, 0.2) is 27.6 Å². The minimum atomic E-state index is -0.352. The molecule has 8 heteroatoms. The van der Waals surface area contributed by atoms with Crippen LogP contribution in [0.3, 0.4) is 0 Å². The maximum atomic E-state index is 12.4. The molecule has 0 aromatic carbocycles. The van der Waals surface area contributed by atoms with E-state index < -0.39 is 0 Å². The van der Waals surface area contributed by atoms with Crippen molar-refractivity contribution in [3.8, 4) is 5.88 Å². The molecule has 1 aliphatic rings. The summed E-state index contributed by atoms with van der Waals surface area (Å²) in [5.74, 6) is 1.26. The highest BCUT2D eigenvalue weighted by molar-refractivity contribution is 5.76. The number of aromatic amines is 1. The summed E-state index contributed by atoms with van der Waals surface area (Å²) in [5, 5.41) is 3.72. The van der Waals surface area contributed by atoms with Gasteiger partial charge in [-0.2, -0.15) is 0 Å². The van der Waals surface area contributed by atoms with E-state index >= 15 is 0 Å². The van der Waals surface area contributed by atoms with Crippen molar-refractivity contribution in [2.75, 3.05) is 20.2 Å². The van der Waals surface area contributed by atoms with E-state index in [0.717, 1.165) is 25.1 Å². The van der Waals surface area contributed by atoms with Crippen LogP contribution in [0.1, 0.15) is 36.6 Å². The summed E-state index contributed by atoms with van der Waals surface area (Å²) in [7, 11) is 1.52. The van der Waals surface area contributed by atoms with Crippen LogP contribution in [-0.4, -0.2) is 46.1 Å². The number of carbonyl (C=O) groups excluding carboxylic acids is 1. The molecule has 1 aliphatic heterocycles. The number of likely N-dealkylation sites (tertiary alicyclic amines) is 1. The van der Waals surface area contributed by atoms with Crippen molar-refractivity contribution in [2.45, 2.75) is 31.6 Å². The highest BCUT2D eigenvalue weighted by atomic mass is 16.5. The van der Waals surface area contributed by atoms with Crippen molar-refractivity contribution < 1.29 is 14.1 Å². The van der Waals surface area contributed by atoms with Crippen LogP contribution in [0.4, 0.5) is 0 Å². The maximum Gasteiger partial charge on any atom is 0.345 e. The Morgan fingerprint density at radius 2 is 2.42 bits per heavy atom. The smallest absolute Gasteiger partial charge is 0.345 e. The van der Waals surface area contributed by atoms with Crippen molar-refractivity contribution >= 4 is 5.91 Å². The van der Waals surface area contributed by atoms with Gasteiger partial charge in [-0.05, 0) is 24.1 Å². The Bertz CT molecular complexity index is 754. The molecule has 3 rings (SSSR count). The molecule has 1 unspecified atom stereocenters. The fourth-order valence-electron chi connectivity index (χ4n) is 2.97. The fraction of sp³-hybridized carbons (Fsp3) is 0.500. The van der Waals surface area contributed by atoms with Gasteiger partial charge in [0.2, 0.25) is 5.91 Å². The Morgan fingerprint density at radius 1 is 1.54 bits per heavy atom. The largest absolute Gasteiger partial charge is 0.479 e. The number of piperidine rings is 1. The van der Waals surface area contributed by atoms with Gasteiger partial charge in [0.1, 0.15) is 5.76 Å². The predicted molar refractivity (Wildman–Crippen MR) is 84.8 cm³/mol. The first kappa shape index (κ1) is 16.2. The minimum Gasteiger partial charge on any atom is -0.479 e. The van der Waals surface area contributed by atoms with Gasteiger partial charge in [0.15, 0.2) is 0 Å². The summed E-state index contributed by atoms with van der Waals surface area (Å²) in [6.07, 6.45) is 4.21. The second-order valence-electron chi connectivity index (χ2n) is 5.84. The Balaban J connectivity index is 1.57. The molecule has 24 heavy (non-hydrogen) atoms. The average Bonchev–Trinajstić information content (AvgIpc) is 3.08. The number of hydrogen-bond acceptors (Lipinski definition) is 6. The number of ether oxygens (including phenoxy) is 1. The highest BCUT2D eigenvalue weighted by Gasteiger charge is 2.25. The zero-order valence-electron chi connectivity index (χ0n) is 13.5. The number of hydrogen-bond donors (Lipinski definition) is 1. The van der Waals surface area contributed by atoms with Crippen LogP contribution in [0.5, 0.6) is 5.88 Å². The lowest BCUT2D eigenvalue weighted by atomic mass is 9.94. The number of aromatic nitrogens is 3. The maximum absolute atomic E-state index is 12.4. The number of H-pyrrole nitrogens is 1. The molecule has 1 amide bonds. The third-order valence-corrected chi connectivity index (χ3v) is 4.24. The van der Waals surface area contributed by atoms with E-state index in [0.29, 0.717) is 31.0 Å². The Hall–Kier alpha value is -2.64. The van der Waals surface area contributed by atoms with Crippen molar-refractivity contribution in [3.05, 3.63) is 40.3 Å². The van der Waals surface area contributed by atoms with Crippen LogP contribution in [0.2, 0.25) is 0 Å². The zero-order valence-corrected chi connectivity index (χ0v) is 13.5. The summed E-state index contributed by atoms with van der Waals surface area (Å²) in [6.45, 7) is 1.35. The number of amides is 1. The zero-order chi connectivity index (χ0) is 16.9. The number of aryl methyl sites for hydroxylation is 1. The summed E-state index contributed by atoms with van der Waals surface area (Å²) in [5.41, 5.74) is 0.489. The average molecular weight is 332 g/mol. The number of methoxy groups -OCH3 is 1. The Morgan fingerprint density at radius 3 is 3.17 bits per heavy atom. The summed E-state index contributed by atoms with van der Waals surface area (Å²) < 4.78 is 10.1. The molecule has 1 fully saturated rings. The standard InChI is InChI=1S/C16H20N4O4/c1-23-14-9-12(24-19-14)4-5-15(21)20-8-2-3-11(10-20)13-6-7-17-16(22)18-13/h6-7,9,11H,2-5,8,10H2,1H3,(H,17,18,22). The second kappa shape index (κ2) is 7.29. The molecule has 128 valence electrons. The molecule has 0 saturated carbocycles. The van der Waals surface area contributed by atoms with E-state index in [1.165, 1.54) is 13.3 Å². The van der Waals surface area contributed by atoms with Crippen LogP contribution >= 0.6 is 0 Å². The summed E-state index contributed by atoms with van der Waals surface area (Å²) >= 11 is 0. The van der Waals surface area contributed by atoms with E-state index in [1.807, 2.05) is 4.90 Å². The molecule has 0 aliphatic carbocycles. The van der Waals surface area contributed by atoms with Gasteiger partial charge in [0.05, 0.1) is 7.11 Å². The van der Waals surface area contributed by atoms with Crippen molar-refractivity contribution in [1.29, 1.82) is 0 Å². The van der Waals surface area contributed by atoms with Crippen molar-refractivity contribution in [2.24, 2.45) is 0 Å². The SMILES string of the molecule is COc1cc(CCC(=O)N2CCCC(c3ccnc(=O)[nH]3)C2)on1. The lowest BCUT2D eigenvalue weighted by Gasteiger charge is -2.32. The quantitative estimate of drug-likeness (QED) is 0.880. The van der Waals surface area contributed by atoms with Gasteiger partial charge in [-0.3, -0.25) is 4.79 Å². The Labute approximate surface area is 138 Å². The summed E-state index contributed by atoms with van der Waals surface area (Å²) in [6, 6.07) is 3.49. The molecule has 1 atom stereocenters. The number of carbonyl (C=O) groups is 1. The molecule has 0 bridgehead atoms. The third kappa shape index (κ3) is 3.81. The molecule has 3 heterocycles. The van der Waals surface area contributed by atoms with Crippen molar-refractivity contribution in [1.82, 2.24) is 20.0 Å². The van der Waals surface area contributed by atoms with Crippen LogP contribution in [-0.2, 0) is 11.2 Å². The first-order valence-corrected chi connectivity index (χ1v) is 7.98. The van der Waals surface area contributed by atoms with Gasteiger partial charge >= 0.3 is 5.69 Å². The predicted octanol–water partition coefficient (Wildman–Crippen LogP) is 1.11. The van der Waals surface area contributed by atoms with Crippen LogP contribution < -0.4 is 10.4 Å². The van der Waals surface area contributed by atoms with Crippen LogP contribution in [0.25, 0.3) is 0 Å². The second-order valence-corrected chi connectivity index (χ2v) is 5.84. The number of nitrogens with one attached hydrogen (secondary N) is 1. The van der Waals surface area contributed by atoms with E-state index in [4.69, 9.17) is 9.26 Å². The van der Waals surface area contributed by atoms with E-state index in [9.17, 15) is 9.59 Å². The van der Waals surface area contributed by atoms with Crippen LogP contribution in [0, 0.1) is 0 Å². The highest BCUT2D eigenvalue weighted by Crippen LogP contribution is 2.25. The molecular formula is C16H20N4O4. The topological polar surface area (TPSA) is 101 Å². The monoisotopic (exact) mass is 332 g/mol. The molecule has 1 saturated heterocycles. The molecule has 0 radical (unpaired) electrons. The fourth-order valence-corrected chi connectivity index (χ4v) is 2.97. The van der Waals surface area contributed by atoms with Gasteiger partial charge < -0.3 is 19.1 Å². The lowest BCUT2D eigenvalue weighted by Crippen LogP contribution is -2.39. The molecule has 0 spiro atoms. The van der Waals surface area contributed by atoms with Gasteiger partial charge in [0, 0.05) is 49.8 Å². The van der Waals surface area contributed by atoms with Crippen molar-refractivity contribution in [3.63, 3.8) is 0 Å². The molecule has 1 N–H and O–H groups in total. The van der Waals surface area contributed by atoms with E-state index in [2.05, 4.69) is 15.1 Å². The van der Waals surface area contributed by atoms with Gasteiger partial charge in [-0.15, -0.1) is 0 Å². The first-order chi connectivity index (χ1) is 11.7. The molecular weight excluding hydrogens is 312 g/mol.